The molecule has 0 aromatic heterocycles. The maximum atomic E-state index is 13.0. The zero-order chi connectivity index (χ0) is 24.2. The molecule has 0 amide bonds. The van der Waals surface area contributed by atoms with Crippen molar-refractivity contribution in [3.63, 3.8) is 0 Å². The number of fused-ring (bicyclic) bond motifs is 5. The lowest BCUT2D eigenvalue weighted by molar-refractivity contribution is -0.188. The largest absolute Gasteiger partial charge is 0.452 e. The molecule has 0 aromatic carbocycles. The summed E-state index contributed by atoms with van der Waals surface area (Å²) in [4.78, 5) is 24.9. The minimum absolute atomic E-state index is 0.114. The van der Waals surface area contributed by atoms with Crippen molar-refractivity contribution in [2.24, 2.45) is 52.3 Å². The van der Waals surface area contributed by atoms with Crippen molar-refractivity contribution in [3.05, 3.63) is 0 Å². The van der Waals surface area contributed by atoms with Gasteiger partial charge in [-0.15, -0.1) is 0 Å². The fourth-order valence-corrected chi connectivity index (χ4v) is 9.85. The third kappa shape index (κ3) is 4.33. The Balaban J connectivity index is 1.52. The van der Waals surface area contributed by atoms with Crippen molar-refractivity contribution in [3.8, 4) is 0 Å². The van der Waals surface area contributed by atoms with Gasteiger partial charge in [-0.05, 0) is 97.7 Å². The van der Waals surface area contributed by atoms with E-state index in [9.17, 15) is 9.59 Å². The Morgan fingerprint density at radius 1 is 0.970 bits per heavy atom. The zero-order valence-electron chi connectivity index (χ0n) is 22.5. The highest BCUT2D eigenvalue weighted by Crippen LogP contribution is 2.69. The van der Waals surface area contributed by atoms with E-state index in [4.69, 9.17) is 4.74 Å². The van der Waals surface area contributed by atoms with Crippen LogP contribution < -0.4 is 0 Å². The quantitative estimate of drug-likeness (QED) is 0.385. The van der Waals surface area contributed by atoms with Crippen LogP contribution in [0.15, 0.2) is 0 Å². The van der Waals surface area contributed by atoms with Gasteiger partial charge >= 0.3 is 5.97 Å². The lowest BCUT2D eigenvalue weighted by atomic mass is 9.43. The van der Waals surface area contributed by atoms with Gasteiger partial charge in [-0.1, -0.05) is 53.9 Å². The first kappa shape index (κ1) is 25.2. The van der Waals surface area contributed by atoms with Gasteiger partial charge in [0.1, 0.15) is 0 Å². The average Bonchev–Trinajstić information content (AvgIpc) is 3.05. The molecule has 188 valence electrons. The van der Waals surface area contributed by atoms with Gasteiger partial charge in [-0.25, -0.2) is 0 Å². The Bertz CT molecular complexity index is 758. The van der Waals surface area contributed by atoms with Gasteiger partial charge < -0.3 is 4.74 Å². The topological polar surface area (TPSA) is 43.4 Å². The number of hydrogen-bond acceptors (Lipinski definition) is 3. The SMILES string of the molecule is CC(=O)O[C@@]1(C)C[C@@]2(C)[C@@H](CC[C@@H]3[C@@H]2CC[C@]2(C)[C@@H]([C@H](C)CCCC(C)C)CC[C@@H]32)CC1=O. The first-order chi connectivity index (χ1) is 15.4. The maximum absolute atomic E-state index is 13.0. The summed E-state index contributed by atoms with van der Waals surface area (Å²) >= 11 is 0. The van der Waals surface area contributed by atoms with Crippen LogP contribution in [-0.4, -0.2) is 17.4 Å². The van der Waals surface area contributed by atoms with Crippen LogP contribution in [0.2, 0.25) is 0 Å². The monoisotopic (exact) mass is 458 g/mol. The number of ether oxygens (including phenoxy) is 1. The minimum Gasteiger partial charge on any atom is -0.452 e. The summed E-state index contributed by atoms with van der Waals surface area (Å²) in [5, 5.41) is 0. The zero-order valence-corrected chi connectivity index (χ0v) is 22.5. The van der Waals surface area contributed by atoms with E-state index < -0.39 is 5.60 Å². The molecule has 4 aliphatic rings. The highest BCUT2D eigenvalue weighted by atomic mass is 16.6. The second-order valence-corrected chi connectivity index (χ2v) is 13.8. The number of carbonyl (C=O) groups is 2. The van der Waals surface area contributed by atoms with E-state index in [1.54, 1.807) is 0 Å². The lowest BCUT2D eigenvalue weighted by Crippen LogP contribution is -2.59. The van der Waals surface area contributed by atoms with E-state index in [0.29, 0.717) is 23.7 Å². The van der Waals surface area contributed by atoms with Crippen LogP contribution in [0.5, 0.6) is 0 Å². The third-order valence-corrected chi connectivity index (χ3v) is 11.4. The van der Waals surface area contributed by atoms with Crippen LogP contribution in [0.25, 0.3) is 0 Å². The molecule has 9 atom stereocenters. The Morgan fingerprint density at radius 2 is 1.67 bits per heavy atom. The van der Waals surface area contributed by atoms with Crippen LogP contribution in [-0.2, 0) is 14.3 Å². The normalized spacial score (nSPS) is 45.8. The van der Waals surface area contributed by atoms with Crippen LogP contribution in [0.3, 0.4) is 0 Å². The number of rotatable bonds is 6. The van der Waals surface area contributed by atoms with Crippen molar-refractivity contribution in [2.45, 2.75) is 125 Å². The number of esters is 1. The summed E-state index contributed by atoms with van der Waals surface area (Å²) in [6.45, 7) is 15.7. The van der Waals surface area contributed by atoms with E-state index in [1.807, 2.05) is 6.92 Å². The highest BCUT2D eigenvalue weighted by Gasteiger charge is 2.63. The summed E-state index contributed by atoms with van der Waals surface area (Å²) in [5.74, 6) is 5.12. The van der Waals surface area contributed by atoms with Crippen molar-refractivity contribution < 1.29 is 14.3 Å². The van der Waals surface area contributed by atoms with E-state index in [1.165, 1.54) is 64.7 Å². The number of Topliss-reactive ketones (excluding diaryl/α,β-unsaturated/α-hetero) is 1. The predicted octanol–water partition coefficient (Wildman–Crippen LogP) is 7.61. The van der Waals surface area contributed by atoms with Crippen molar-refractivity contribution in [2.75, 3.05) is 0 Å². The number of hydrogen-bond donors (Lipinski definition) is 0. The molecule has 0 N–H and O–H groups in total. The molecule has 4 fully saturated rings. The predicted molar refractivity (Wildman–Crippen MR) is 134 cm³/mol. The van der Waals surface area contributed by atoms with Gasteiger partial charge in [-0.3, -0.25) is 9.59 Å². The first-order valence-electron chi connectivity index (χ1n) is 14.1. The van der Waals surface area contributed by atoms with Crippen molar-refractivity contribution in [1.29, 1.82) is 0 Å². The van der Waals surface area contributed by atoms with Gasteiger partial charge in [0.25, 0.3) is 0 Å². The fraction of sp³-hybridized carbons (Fsp3) is 0.933. The summed E-state index contributed by atoms with van der Waals surface area (Å²) in [6.07, 6.45) is 13.4. The Labute approximate surface area is 203 Å². The molecule has 0 aromatic rings. The first-order valence-corrected chi connectivity index (χ1v) is 14.1. The molecule has 0 spiro atoms. The fourth-order valence-electron chi connectivity index (χ4n) is 9.85. The van der Waals surface area contributed by atoms with Gasteiger partial charge in [0.2, 0.25) is 0 Å². The average molecular weight is 459 g/mol. The highest BCUT2D eigenvalue weighted by molar-refractivity contribution is 5.90. The summed E-state index contributed by atoms with van der Waals surface area (Å²) in [5.41, 5.74) is -0.322. The molecule has 0 radical (unpaired) electrons. The van der Waals surface area contributed by atoms with Gasteiger partial charge in [-0.2, -0.15) is 0 Å². The van der Waals surface area contributed by atoms with Gasteiger partial charge in [0, 0.05) is 19.8 Å². The minimum atomic E-state index is -0.928. The molecular formula is C30H50O3. The molecule has 4 aliphatic carbocycles. The van der Waals surface area contributed by atoms with Gasteiger partial charge in [0.05, 0.1) is 0 Å². The summed E-state index contributed by atoms with van der Waals surface area (Å²) < 4.78 is 5.71. The van der Waals surface area contributed by atoms with Crippen LogP contribution >= 0.6 is 0 Å². The van der Waals surface area contributed by atoms with Gasteiger partial charge in [0.15, 0.2) is 11.4 Å². The summed E-state index contributed by atoms with van der Waals surface area (Å²) in [7, 11) is 0. The molecule has 0 aliphatic heterocycles. The van der Waals surface area contributed by atoms with E-state index >= 15 is 0 Å². The molecule has 3 nitrogen and oxygen atoms in total. The molecule has 4 rings (SSSR count). The molecule has 0 heterocycles. The molecule has 4 saturated carbocycles. The molecule has 33 heavy (non-hydrogen) atoms. The molecule has 3 heteroatoms. The second kappa shape index (κ2) is 8.98. The second-order valence-electron chi connectivity index (χ2n) is 13.8. The number of ketones is 1. The van der Waals surface area contributed by atoms with Crippen LogP contribution in [0.1, 0.15) is 119 Å². The van der Waals surface area contributed by atoms with Crippen LogP contribution in [0.4, 0.5) is 0 Å². The lowest BCUT2D eigenvalue weighted by Gasteiger charge is -2.62. The van der Waals surface area contributed by atoms with Crippen molar-refractivity contribution >= 4 is 11.8 Å². The summed E-state index contributed by atoms with van der Waals surface area (Å²) in [6, 6.07) is 0. The Morgan fingerprint density at radius 3 is 2.33 bits per heavy atom. The maximum Gasteiger partial charge on any atom is 0.303 e. The van der Waals surface area contributed by atoms with E-state index in [0.717, 1.165) is 36.0 Å². The molecular weight excluding hydrogens is 408 g/mol. The molecule has 0 unspecified atom stereocenters. The van der Waals surface area contributed by atoms with E-state index in [2.05, 4.69) is 34.6 Å². The molecule has 0 bridgehead atoms. The van der Waals surface area contributed by atoms with Crippen molar-refractivity contribution in [1.82, 2.24) is 0 Å². The Hall–Kier alpha value is -0.860. The number of carbonyl (C=O) groups excluding carboxylic acids is 2. The standard InChI is InChI=1S/C30H50O3/c1-19(2)9-8-10-20(3)24-13-14-25-23-12-11-22-17-27(32)30(7,33-21(4)31)18-29(22,6)26(23)15-16-28(24,25)5/h19-20,22-26H,8-18H2,1-7H3/t20-,22+,23+,24-,25+,26+,28-,29+,30+/m1/s1. The third-order valence-electron chi connectivity index (χ3n) is 11.4. The molecule has 0 saturated heterocycles. The smallest absolute Gasteiger partial charge is 0.303 e. The Kier molecular flexibility index (Phi) is 6.86. The van der Waals surface area contributed by atoms with E-state index in [-0.39, 0.29) is 17.2 Å². The van der Waals surface area contributed by atoms with Crippen LogP contribution in [0, 0.1) is 52.3 Å².